The van der Waals surface area contributed by atoms with E-state index in [-0.39, 0.29) is 36.4 Å². The van der Waals surface area contributed by atoms with Gasteiger partial charge in [-0.15, -0.1) is 5.06 Å². The van der Waals surface area contributed by atoms with Crippen LogP contribution in [0.5, 0.6) is 0 Å². The van der Waals surface area contributed by atoms with Gasteiger partial charge in [0.2, 0.25) is 0 Å². The number of hydroxylamine groups is 2. The van der Waals surface area contributed by atoms with E-state index in [1.807, 2.05) is 0 Å². The topological polar surface area (TPSA) is 105 Å². The molecule has 0 saturated carbocycles. The Bertz CT molecular complexity index is 1150. The van der Waals surface area contributed by atoms with E-state index in [1.165, 1.54) is 11.0 Å². The van der Waals surface area contributed by atoms with Crippen molar-refractivity contribution in [2.45, 2.75) is 38.3 Å². The zero-order chi connectivity index (χ0) is 27.3. The van der Waals surface area contributed by atoms with Gasteiger partial charge in [-0.25, -0.2) is 0 Å². The number of fused-ring (bicyclic) bond motifs is 1. The highest BCUT2D eigenvalue weighted by atomic mass is 19.4. The minimum absolute atomic E-state index is 0.0721. The van der Waals surface area contributed by atoms with Crippen LogP contribution in [0.2, 0.25) is 0 Å². The fourth-order valence-electron chi connectivity index (χ4n) is 4.85. The predicted molar refractivity (Wildman–Crippen MR) is 134 cm³/mol. The SMILES string of the molecule is Nc1ccc(CCCC(CCN2C(=O)c3ccccc3C2=O)CC(=O)ON2CCNCC2)cc1C(F)(F)F. The first-order valence-corrected chi connectivity index (χ1v) is 12.7. The van der Waals surface area contributed by atoms with Crippen molar-refractivity contribution in [1.82, 2.24) is 15.3 Å². The normalized spacial score (nSPS) is 17.0. The molecule has 1 unspecified atom stereocenters. The number of nitrogens with zero attached hydrogens (tertiary/aromatic N) is 2. The van der Waals surface area contributed by atoms with Crippen molar-refractivity contribution in [2.75, 3.05) is 38.5 Å². The number of anilines is 1. The molecule has 0 radical (unpaired) electrons. The number of benzene rings is 2. The van der Waals surface area contributed by atoms with Gasteiger partial charge in [-0.05, 0) is 61.4 Å². The van der Waals surface area contributed by atoms with Crippen molar-refractivity contribution < 1.29 is 32.4 Å². The summed E-state index contributed by atoms with van der Waals surface area (Å²) < 4.78 is 39.7. The molecule has 2 aliphatic heterocycles. The highest BCUT2D eigenvalue weighted by molar-refractivity contribution is 6.21. The highest BCUT2D eigenvalue weighted by Crippen LogP contribution is 2.34. The van der Waals surface area contributed by atoms with Gasteiger partial charge in [0.1, 0.15) is 0 Å². The van der Waals surface area contributed by atoms with Gasteiger partial charge in [0, 0.05) is 38.4 Å². The van der Waals surface area contributed by atoms with Crippen LogP contribution in [0.25, 0.3) is 0 Å². The lowest BCUT2D eigenvalue weighted by molar-refractivity contribution is -0.194. The summed E-state index contributed by atoms with van der Waals surface area (Å²) >= 11 is 0. The number of imide groups is 1. The minimum Gasteiger partial charge on any atom is -0.398 e. The first kappa shape index (κ1) is 27.6. The number of carbonyl (C=O) groups is 3. The summed E-state index contributed by atoms with van der Waals surface area (Å²) in [6.45, 7) is 2.70. The largest absolute Gasteiger partial charge is 0.418 e. The molecule has 2 aromatic rings. The Kier molecular flexibility index (Phi) is 8.68. The molecule has 11 heteroatoms. The van der Waals surface area contributed by atoms with Gasteiger partial charge < -0.3 is 15.9 Å². The number of rotatable bonds is 10. The lowest BCUT2D eigenvalue weighted by atomic mass is 9.93. The van der Waals surface area contributed by atoms with Crippen molar-refractivity contribution in [3.05, 3.63) is 64.7 Å². The lowest BCUT2D eigenvalue weighted by Gasteiger charge is -2.26. The molecule has 0 aromatic heterocycles. The molecule has 3 N–H and O–H groups in total. The Hall–Kier alpha value is -3.44. The molecule has 2 amide bonds. The molecule has 1 fully saturated rings. The van der Waals surface area contributed by atoms with Crippen LogP contribution in [0.3, 0.4) is 0 Å². The number of nitrogen functional groups attached to an aromatic ring is 1. The van der Waals surface area contributed by atoms with Crippen molar-refractivity contribution in [3.8, 4) is 0 Å². The first-order chi connectivity index (χ1) is 18.1. The maximum atomic E-state index is 13.2. The highest BCUT2D eigenvalue weighted by Gasteiger charge is 2.35. The predicted octanol–water partition coefficient (Wildman–Crippen LogP) is 3.67. The van der Waals surface area contributed by atoms with Gasteiger partial charge in [-0.2, -0.15) is 13.2 Å². The van der Waals surface area contributed by atoms with Crippen LogP contribution in [-0.4, -0.2) is 60.5 Å². The molecule has 0 spiro atoms. The van der Waals surface area contributed by atoms with Crippen LogP contribution in [-0.2, 0) is 22.2 Å². The van der Waals surface area contributed by atoms with Crippen molar-refractivity contribution >= 4 is 23.5 Å². The summed E-state index contributed by atoms with van der Waals surface area (Å²) in [5, 5.41) is 4.78. The van der Waals surface area contributed by atoms with Crippen LogP contribution < -0.4 is 11.1 Å². The number of halogens is 3. The van der Waals surface area contributed by atoms with Crippen LogP contribution in [0.1, 0.15) is 57.5 Å². The molecular formula is C27H31F3N4O4. The summed E-state index contributed by atoms with van der Waals surface area (Å²) in [6.07, 6.45) is -2.72. The number of aryl methyl sites for hydroxylation is 1. The summed E-state index contributed by atoms with van der Waals surface area (Å²) in [6, 6.07) is 10.5. The number of amides is 2. The van der Waals surface area contributed by atoms with Crippen LogP contribution in [0.4, 0.5) is 18.9 Å². The third-order valence-electron chi connectivity index (χ3n) is 6.90. The van der Waals surface area contributed by atoms with Gasteiger partial charge in [0.15, 0.2) is 0 Å². The molecule has 0 bridgehead atoms. The number of nitrogens with two attached hydrogens (primary N) is 1. The number of piperazine rings is 1. The average molecular weight is 533 g/mol. The molecule has 204 valence electrons. The smallest absolute Gasteiger partial charge is 0.398 e. The molecule has 0 aliphatic carbocycles. The van der Waals surface area contributed by atoms with Crippen molar-refractivity contribution in [2.24, 2.45) is 5.92 Å². The van der Waals surface area contributed by atoms with Gasteiger partial charge >= 0.3 is 12.1 Å². The second-order valence-electron chi connectivity index (χ2n) is 9.62. The molecule has 2 aliphatic rings. The molecule has 1 saturated heterocycles. The Balaban J connectivity index is 1.38. The molecule has 2 heterocycles. The minimum atomic E-state index is -4.54. The number of nitrogens with one attached hydrogen (secondary N) is 1. The second kappa shape index (κ2) is 12.0. The molecule has 1 atom stereocenters. The standard InChI is InChI=1S/C27H31F3N4O4/c28-27(29,30)22-16-18(8-9-23(22)31)4-3-5-19(17-24(35)38-33-14-11-32-12-15-33)10-13-34-25(36)20-6-1-2-7-21(20)26(34)37/h1-2,6-9,16,19,32H,3-5,10-15,17,31H2. The zero-order valence-corrected chi connectivity index (χ0v) is 20.9. The Morgan fingerprint density at radius 2 is 1.68 bits per heavy atom. The van der Waals surface area contributed by atoms with Crippen molar-refractivity contribution in [3.63, 3.8) is 0 Å². The van der Waals surface area contributed by atoms with E-state index in [1.54, 1.807) is 35.4 Å². The fraction of sp³-hybridized carbons (Fsp3) is 0.444. The monoisotopic (exact) mass is 532 g/mol. The fourth-order valence-corrected chi connectivity index (χ4v) is 4.85. The van der Waals surface area contributed by atoms with Crippen LogP contribution >= 0.6 is 0 Å². The van der Waals surface area contributed by atoms with E-state index < -0.39 is 17.7 Å². The van der Waals surface area contributed by atoms with E-state index in [2.05, 4.69) is 5.32 Å². The lowest BCUT2D eigenvalue weighted by Crippen LogP contribution is -2.44. The first-order valence-electron chi connectivity index (χ1n) is 12.7. The summed E-state index contributed by atoms with van der Waals surface area (Å²) in [7, 11) is 0. The van der Waals surface area contributed by atoms with Gasteiger partial charge in [-0.1, -0.05) is 18.2 Å². The van der Waals surface area contributed by atoms with E-state index in [9.17, 15) is 27.6 Å². The number of carbonyl (C=O) groups excluding carboxylic acids is 3. The maximum Gasteiger partial charge on any atom is 0.418 e. The Morgan fingerprint density at radius 3 is 2.32 bits per heavy atom. The Morgan fingerprint density at radius 1 is 1.03 bits per heavy atom. The molecule has 2 aromatic carbocycles. The van der Waals surface area contributed by atoms with E-state index in [0.717, 1.165) is 6.07 Å². The quantitative estimate of drug-likeness (QED) is 0.355. The maximum absolute atomic E-state index is 13.2. The van der Waals surface area contributed by atoms with E-state index in [0.29, 0.717) is 68.6 Å². The molecular weight excluding hydrogens is 501 g/mol. The second-order valence-corrected chi connectivity index (χ2v) is 9.62. The molecule has 4 rings (SSSR count). The third kappa shape index (κ3) is 6.70. The van der Waals surface area contributed by atoms with Gasteiger partial charge in [0.05, 0.1) is 23.1 Å². The average Bonchev–Trinajstić information content (AvgIpc) is 3.12. The molecule has 8 nitrogen and oxygen atoms in total. The van der Waals surface area contributed by atoms with Crippen LogP contribution in [0, 0.1) is 5.92 Å². The number of alkyl halides is 3. The molecule has 38 heavy (non-hydrogen) atoms. The van der Waals surface area contributed by atoms with E-state index >= 15 is 0 Å². The van der Waals surface area contributed by atoms with Crippen LogP contribution in [0.15, 0.2) is 42.5 Å². The van der Waals surface area contributed by atoms with Crippen molar-refractivity contribution in [1.29, 1.82) is 0 Å². The third-order valence-corrected chi connectivity index (χ3v) is 6.90. The van der Waals surface area contributed by atoms with Gasteiger partial charge in [-0.3, -0.25) is 19.3 Å². The summed E-state index contributed by atoms with van der Waals surface area (Å²) in [5.41, 5.74) is 5.52. The van der Waals surface area contributed by atoms with Gasteiger partial charge in [0.25, 0.3) is 11.8 Å². The van der Waals surface area contributed by atoms with E-state index in [4.69, 9.17) is 10.6 Å². The number of hydrogen-bond acceptors (Lipinski definition) is 7. The Labute approximate surface area is 218 Å². The zero-order valence-electron chi connectivity index (χ0n) is 20.9. The summed E-state index contributed by atoms with van der Waals surface area (Å²) in [4.78, 5) is 44.8. The number of hydrogen-bond donors (Lipinski definition) is 2. The summed E-state index contributed by atoms with van der Waals surface area (Å²) in [5.74, 6) is -1.37.